The number of thiophene rings is 1. The Bertz CT molecular complexity index is 868. The van der Waals surface area contributed by atoms with Gasteiger partial charge in [-0.15, -0.1) is 22.7 Å². The van der Waals surface area contributed by atoms with E-state index in [0.717, 1.165) is 29.7 Å². The van der Waals surface area contributed by atoms with Gasteiger partial charge in [-0.05, 0) is 50.7 Å². The maximum Gasteiger partial charge on any atom is 0.193 e. The zero-order valence-electron chi connectivity index (χ0n) is 16.5. The maximum absolute atomic E-state index is 4.76. The van der Waals surface area contributed by atoms with Crippen molar-refractivity contribution < 1.29 is 0 Å². The predicted molar refractivity (Wildman–Crippen MR) is 118 cm³/mol. The Balaban J connectivity index is 1.41. The molecule has 3 aromatic rings. The average Bonchev–Trinajstić information content (AvgIpc) is 3.41. The molecule has 0 radical (unpaired) electrons. The highest BCUT2D eigenvalue weighted by molar-refractivity contribution is 7.15. The van der Waals surface area contributed by atoms with Gasteiger partial charge >= 0.3 is 0 Å². The van der Waals surface area contributed by atoms with Crippen molar-refractivity contribution in [2.45, 2.75) is 32.4 Å². The highest BCUT2D eigenvalue weighted by atomic mass is 32.1. The summed E-state index contributed by atoms with van der Waals surface area (Å²) in [4.78, 5) is 14.4. The first-order chi connectivity index (χ1) is 13.7. The zero-order chi connectivity index (χ0) is 19.3. The van der Waals surface area contributed by atoms with Crippen LogP contribution >= 0.6 is 22.7 Å². The van der Waals surface area contributed by atoms with Crippen LogP contribution in [-0.4, -0.2) is 46.9 Å². The number of nitrogens with one attached hydrogen (secondary N) is 2. The largest absolute Gasteiger partial charge is 0.357 e. The van der Waals surface area contributed by atoms with Crippen molar-refractivity contribution in [1.82, 2.24) is 24.9 Å². The van der Waals surface area contributed by atoms with Crippen LogP contribution in [0.25, 0.3) is 4.96 Å². The minimum absolute atomic E-state index is 0.490. The lowest BCUT2D eigenvalue weighted by Crippen LogP contribution is -2.44. The lowest BCUT2D eigenvalue weighted by Gasteiger charge is -2.39. The van der Waals surface area contributed by atoms with Gasteiger partial charge in [-0.3, -0.25) is 9.30 Å². The van der Waals surface area contributed by atoms with E-state index in [9.17, 15) is 0 Å². The molecule has 0 bridgehead atoms. The van der Waals surface area contributed by atoms with Gasteiger partial charge in [-0.2, -0.15) is 0 Å². The SMILES string of the molecule is CCNC(=NCc1cn2ccsc2n1)NCC1CCCN(C)C1c1cccs1. The first kappa shape index (κ1) is 19.4. The normalized spacial score (nSPS) is 21.3. The fourth-order valence-corrected chi connectivity index (χ4v) is 5.67. The molecule has 1 fully saturated rings. The third-order valence-electron chi connectivity index (χ3n) is 5.26. The number of fused-ring (bicyclic) bond motifs is 1. The van der Waals surface area contributed by atoms with Crippen LogP contribution in [0.3, 0.4) is 0 Å². The second-order valence-electron chi connectivity index (χ2n) is 7.24. The average molecular weight is 417 g/mol. The van der Waals surface area contributed by atoms with Crippen molar-refractivity contribution in [2.75, 3.05) is 26.7 Å². The van der Waals surface area contributed by atoms with Crippen molar-refractivity contribution in [3.05, 3.63) is 45.9 Å². The van der Waals surface area contributed by atoms with Gasteiger partial charge in [0.1, 0.15) is 0 Å². The Morgan fingerprint density at radius 1 is 1.32 bits per heavy atom. The van der Waals surface area contributed by atoms with E-state index in [2.05, 4.69) is 62.6 Å². The second kappa shape index (κ2) is 9.07. The molecule has 2 N–H and O–H groups in total. The van der Waals surface area contributed by atoms with Crippen molar-refractivity contribution in [3.63, 3.8) is 0 Å². The molecule has 2 atom stereocenters. The number of hydrogen-bond acceptors (Lipinski definition) is 5. The molecule has 2 unspecified atom stereocenters. The number of aromatic nitrogens is 2. The van der Waals surface area contributed by atoms with Gasteiger partial charge in [0.2, 0.25) is 0 Å². The van der Waals surface area contributed by atoms with Crippen molar-refractivity contribution in [1.29, 1.82) is 0 Å². The molecule has 150 valence electrons. The number of likely N-dealkylation sites (tertiary alicyclic amines) is 1. The number of hydrogen-bond donors (Lipinski definition) is 2. The van der Waals surface area contributed by atoms with E-state index in [1.807, 2.05) is 22.9 Å². The number of nitrogens with zero attached hydrogens (tertiary/aromatic N) is 4. The van der Waals surface area contributed by atoms with Crippen LogP contribution < -0.4 is 10.6 Å². The predicted octanol–water partition coefficient (Wildman–Crippen LogP) is 3.60. The lowest BCUT2D eigenvalue weighted by atomic mass is 9.88. The molecule has 0 aliphatic carbocycles. The first-order valence-electron chi connectivity index (χ1n) is 9.91. The molecule has 1 aliphatic heterocycles. The smallest absolute Gasteiger partial charge is 0.193 e. The highest BCUT2D eigenvalue weighted by Gasteiger charge is 2.31. The summed E-state index contributed by atoms with van der Waals surface area (Å²) in [7, 11) is 2.25. The summed E-state index contributed by atoms with van der Waals surface area (Å²) < 4.78 is 2.05. The number of imidazole rings is 1. The van der Waals surface area contributed by atoms with Crippen molar-refractivity contribution in [3.8, 4) is 0 Å². The zero-order valence-corrected chi connectivity index (χ0v) is 18.1. The number of piperidine rings is 1. The Labute approximate surface area is 174 Å². The minimum atomic E-state index is 0.490. The molecule has 0 amide bonds. The summed E-state index contributed by atoms with van der Waals surface area (Å²) in [6.07, 6.45) is 6.59. The molecule has 8 heteroatoms. The van der Waals surface area contributed by atoms with Gasteiger partial charge in [0.25, 0.3) is 0 Å². The first-order valence-corrected chi connectivity index (χ1v) is 11.7. The fourth-order valence-electron chi connectivity index (χ4n) is 3.96. The Hall–Kier alpha value is -1.90. The quantitative estimate of drug-likeness (QED) is 0.476. The van der Waals surface area contributed by atoms with Crippen molar-refractivity contribution >= 4 is 33.6 Å². The summed E-state index contributed by atoms with van der Waals surface area (Å²) in [6.45, 7) is 5.64. The fraction of sp³-hybridized carbons (Fsp3) is 0.500. The molecule has 4 rings (SSSR count). The van der Waals surface area contributed by atoms with Crippen LogP contribution in [0.1, 0.15) is 36.4 Å². The van der Waals surface area contributed by atoms with E-state index in [1.165, 1.54) is 24.3 Å². The van der Waals surface area contributed by atoms with Crippen LogP contribution in [0.15, 0.2) is 40.3 Å². The van der Waals surface area contributed by atoms with Gasteiger partial charge in [0.15, 0.2) is 10.9 Å². The van der Waals surface area contributed by atoms with E-state index in [4.69, 9.17) is 4.99 Å². The number of rotatable bonds is 6. The molecular formula is C20H28N6S2. The highest BCUT2D eigenvalue weighted by Crippen LogP contribution is 2.36. The summed E-state index contributed by atoms with van der Waals surface area (Å²) in [5.41, 5.74) is 0.998. The summed E-state index contributed by atoms with van der Waals surface area (Å²) in [6, 6.07) is 4.92. The molecule has 0 saturated carbocycles. The number of thiazole rings is 1. The molecule has 6 nitrogen and oxygen atoms in total. The molecule has 0 aromatic carbocycles. The molecule has 4 heterocycles. The summed E-state index contributed by atoms with van der Waals surface area (Å²) in [5, 5.41) is 11.2. The van der Waals surface area contributed by atoms with E-state index in [0.29, 0.717) is 18.5 Å². The third-order valence-corrected chi connectivity index (χ3v) is 6.97. The lowest BCUT2D eigenvalue weighted by molar-refractivity contribution is 0.125. The Morgan fingerprint density at radius 3 is 3.04 bits per heavy atom. The number of aliphatic imine (C=N–C) groups is 1. The molecule has 28 heavy (non-hydrogen) atoms. The second-order valence-corrected chi connectivity index (χ2v) is 9.10. The van der Waals surface area contributed by atoms with E-state index in [1.54, 1.807) is 11.3 Å². The van der Waals surface area contributed by atoms with Crippen LogP contribution in [-0.2, 0) is 6.54 Å². The number of guanidine groups is 1. The van der Waals surface area contributed by atoms with Gasteiger partial charge in [-0.25, -0.2) is 9.98 Å². The van der Waals surface area contributed by atoms with Crippen molar-refractivity contribution in [2.24, 2.45) is 10.9 Å². The molecule has 0 spiro atoms. The molecule has 3 aromatic heterocycles. The van der Waals surface area contributed by atoms with Gasteiger partial charge in [-0.1, -0.05) is 6.07 Å². The third kappa shape index (κ3) is 4.39. The molecule has 1 saturated heterocycles. The van der Waals surface area contributed by atoms with Gasteiger partial charge in [0.05, 0.1) is 12.2 Å². The summed E-state index contributed by atoms with van der Waals surface area (Å²) in [5.74, 6) is 1.45. The van der Waals surface area contributed by atoms with Crippen LogP contribution in [0.2, 0.25) is 0 Å². The molecular weight excluding hydrogens is 388 g/mol. The van der Waals surface area contributed by atoms with Crippen LogP contribution in [0.4, 0.5) is 0 Å². The summed E-state index contributed by atoms with van der Waals surface area (Å²) >= 11 is 3.52. The maximum atomic E-state index is 4.76. The monoisotopic (exact) mass is 416 g/mol. The van der Waals surface area contributed by atoms with Crippen LogP contribution in [0.5, 0.6) is 0 Å². The van der Waals surface area contributed by atoms with Gasteiger partial charge in [0, 0.05) is 41.8 Å². The van der Waals surface area contributed by atoms with E-state index < -0.39 is 0 Å². The Morgan fingerprint density at radius 2 is 2.25 bits per heavy atom. The van der Waals surface area contributed by atoms with E-state index >= 15 is 0 Å². The van der Waals surface area contributed by atoms with Crippen LogP contribution in [0, 0.1) is 5.92 Å². The van der Waals surface area contributed by atoms with Gasteiger partial charge < -0.3 is 10.6 Å². The minimum Gasteiger partial charge on any atom is -0.357 e. The van der Waals surface area contributed by atoms with E-state index in [-0.39, 0.29) is 0 Å². The Kier molecular flexibility index (Phi) is 6.29. The molecule has 1 aliphatic rings. The standard InChI is InChI=1S/C20H28N6S2/c1-3-21-19(23-13-16-14-26-9-11-28-20(26)24-16)22-12-15-6-4-8-25(2)18(15)17-7-5-10-27-17/h5,7,9-11,14-15,18H,3-4,6,8,12-13H2,1-2H3,(H2,21,22,23). The topological polar surface area (TPSA) is 57.0 Å².